The van der Waals surface area contributed by atoms with E-state index in [1.807, 2.05) is 69.3 Å². The summed E-state index contributed by atoms with van der Waals surface area (Å²) >= 11 is 0. The number of aliphatic hydroxyl groups excluding tert-OH is 1. The second kappa shape index (κ2) is 8.17. The largest absolute Gasteiger partial charge is 0.509 e. The van der Waals surface area contributed by atoms with Crippen molar-refractivity contribution in [3.63, 3.8) is 0 Å². The van der Waals surface area contributed by atoms with Crippen LogP contribution in [-0.2, 0) is 20.8 Å². The minimum atomic E-state index is -0.977. The molecule has 5 heteroatoms. The number of aliphatic hydroxyl groups is 1. The third-order valence-electron chi connectivity index (χ3n) is 5.37. The monoisotopic (exact) mass is 381 g/mol. The Morgan fingerprint density at radius 2 is 1.68 bits per heavy atom. The Morgan fingerprint density at radius 1 is 1.04 bits per heavy atom. The summed E-state index contributed by atoms with van der Waals surface area (Å²) in [5.41, 5.74) is 3.11. The van der Waals surface area contributed by atoms with E-state index in [2.05, 4.69) is 0 Å². The molecule has 1 aliphatic rings. The van der Waals surface area contributed by atoms with Gasteiger partial charge in [0.2, 0.25) is 0 Å². The molecule has 0 radical (unpaired) electrons. The number of aryl methyl sites for hydroxylation is 3. The third-order valence-corrected chi connectivity index (χ3v) is 5.37. The molecule has 0 fully saturated rings. The fraction of sp³-hybridized carbons (Fsp3) is 0.348. The topological polar surface area (TPSA) is 59.0 Å². The van der Waals surface area contributed by atoms with E-state index < -0.39 is 5.54 Å². The van der Waals surface area contributed by atoms with Gasteiger partial charge in [0.15, 0.2) is 6.79 Å². The lowest BCUT2D eigenvalue weighted by Gasteiger charge is -2.34. The van der Waals surface area contributed by atoms with Crippen LogP contribution in [0.3, 0.4) is 0 Å². The summed E-state index contributed by atoms with van der Waals surface area (Å²) in [5.74, 6) is -0.301. The average Bonchev–Trinajstić information content (AvgIpc) is 2.86. The first-order valence-corrected chi connectivity index (χ1v) is 9.40. The van der Waals surface area contributed by atoms with Gasteiger partial charge >= 0.3 is 0 Å². The Morgan fingerprint density at radius 3 is 2.29 bits per heavy atom. The number of hydrogen-bond donors (Lipinski definition) is 1. The van der Waals surface area contributed by atoms with Crippen molar-refractivity contribution in [2.75, 3.05) is 13.9 Å². The van der Waals surface area contributed by atoms with Crippen LogP contribution in [0, 0.1) is 13.8 Å². The summed E-state index contributed by atoms with van der Waals surface area (Å²) in [6.45, 7) is 5.64. The van der Waals surface area contributed by atoms with Gasteiger partial charge in [-0.25, -0.2) is 9.90 Å². The number of ether oxygens (including phenoxy) is 1. The third kappa shape index (κ3) is 3.55. The van der Waals surface area contributed by atoms with Gasteiger partial charge in [0.05, 0.1) is 5.57 Å². The summed E-state index contributed by atoms with van der Waals surface area (Å²) in [6.07, 6.45) is 1.22. The van der Waals surface area contributed by atoms with Crippen molar-refractivity contribution in [3.05, 3.63) is 76.5 Å². The van der Waals surface area contributed by atoms with Gasteiger partial charge in [-0.15, -0.1) is 0 Å². The quantitative estimate of drug-likeness (QED) is 0.725. The zero-order chi connectivity index (χ0) is 20.3. The highest BCUT2D eigenvalue weighted by atomic mass is 16.8. The van der Waals surface area contributed by atoms with Crippen molar-refractivity contribution in [1.29, 1.82) is 0 Å². The standard InChI is InChI=1S/C23H27NO4/c1-16-9-8-10-17(2)19(16)20-21(25)23(3,24(22(20)26)28-15-27-4)14-13-18-11-6-5-7-12-18/h5-12,25H,13-15H2,1-4H3. The fourth-order valence-corrected chi connectivity index (χ4v) is 3.79. The lowest BCUT2D eigenvalue weighted by molar-refractivity contribution is -0.242. The first-order chi connectivity index (χ1) is 13.4. The number of nitrogens with zero attached hydrogens (tertiary/aromatic N) is 1. The predicted octanol–water partition coefficient (Wildman–Crippen LogP) is 4.34. The van der Waals surface area contributed by atoms with Crippen molar-refractivity contribution in [2.45, 2.75) is 39.2 Å². The summed E-state index contributed by atoms with van der Waals surface area (Å²) in [6, 6.07) is 15.8. The number of hydroxylamine groups is 2. The average molecular weight is 381 g/mol. The smallest absolute Gasteiger partial charge is 0.282 e. The highest BCUT2D eigenvalue weighted by Gasteiger charge is 2.50. The minimum absolute atomic E-state index is 0.0435. The molecular formula is C23H27NO4. The summed E-state index contributed by atoms with van der Waals surface area (Å²) in [7, 11) is 1.50. The van der Waals surface area contributed by atoms with Crippen LogP contribution in [-0.4, -0.2) is 35.5 Å². The van der Waals surface area contributed by atoms with Gasteiger partial charge in [-0.3, -0.25) is 4.79 Å². The van der Waals surface area contributed by atoms with Crippen LogP contribution >= 0.6 is 0 Å². The summed E-state index contributed by atoms with van der Waals surface area (Å²) < 4.78 is 5.02. The molecule has 1 atom stereocenters. The van der Waals surface area contributed by atoms with Crippen molar-refractivity contribution in [1.82, 2.24) is 5.06 Å². The molecule has 1 N–H and O–H groups in total. The van der Waals surface area contributed by atoms with E-state index in [1.54, 1.807) is 0 Å². The normalized spacial score (nSPS) is 19.6. The molecule has 0 aliphatic carbocycles. The Hall–Kier alpha value is -2.63. The van der Waals surface area contributed by atoms with E-state index in [9.17, 15) is 9.90 Å². The highest BCUT2D eigenvalue weighted by molar-refractivity contribution is 6.23. The number of hydrogen-bond acceptors (Lipinski definition) is 4. The maximum Gasteiger partial charge on any atom is 0.282 e. The van der Waals surface area contributed by atoms with E-state index in [4.69, 9.17) is 9.57 Å². The molecule has 0 saturated carbocycles. The molecular weight excluding hydrogens is 354 g/mol. The highest BCUT2D eigenvalue weighted by Crippen LogP contribution is 2.43. The Kier molecular flexibility index (Phi) is 5.87. The predicted molar refractivity (Wildman–Crippen MR) is 108 cm³/mol. The number of carbonyl (C=O) groups excluding carboxylic acids is 1. The number of carbonyl (C=O) groups is 1. The van der Waals surface area contributed by atoms with Crippen LogP contribution in [0.2, 0.25) is 0 Å². The minimum Gasteiger partial charge on any atom is -0.509 e. The molecule has 0 aromatic heterocycles. The van der Waals surface area contributed by atoms with Crippen LogP contribution < -0.4 is 0 Å². The molecule has 0 bridgehead atoms. The van der Waals surface area contributed by atoms with Crippen molar-refractivity contribution in [3.8, 4) is 0 Å². The van der Waals surface area contributed by atoms with Crippen LogP contribution in [0.15, 0.2) is 54.3 Å². The zero-order valence-electron chi connectivity index (χ0n) is 16.9. The van der Waals surface area contributed by atoms with E-state index in [0.29, 0.717) is 18.4 Å². The second-order valence-electron chi connectivity index (χ2n) is 7.39. The zero-order valence-corrected chi connectivity index (χ0v) is 16.9. The number of methoxy groups -OCH3 is 1. The van der Waals surface area contributed by atoms with Gasteiger partial charge in [0, 0.05) is 7.11 Å². The molecule has 1 amide bonds. The van der Waals surface area contributed by atoms with Crippen LogP contribution in [0.25, 0.3) is 5.57 Å². The number of rotatable bonds is 7. The van der Waals surface area contributed by atoms with Gasteiger partial charge in [0.1, 0.15) is 11.3 Å². The van der Waals surface area contributed by atoms with Gasteiger partial charge in [0.25, 0.3) is 5.91 Å². The van der Waals surface area contributed by atoms with E-state index in [1.165, 1.54) is 12.2 Å². The maximum atomic E-state index is 13.3. The maximum absolute atomic E-state index is 13.3. The van der Waals surface area contributed by atoms with E-state index in [0.717, 1.165) is 22.3 Å². The van der Waals surface area contributed by atoms with Crippen molar-refractivity contribution < 1.29 is 19.5 Å². The molecule has 148 valence electrons. The van der Waals surface area contributed by atoms with Gasteiger partial charge in [-0.2, -0.15) is 0 Å². The summed E-state index contributed by atoms with van der Waals surface area (Å²) in [4.78, 5) is 18.9. The lowest BCUT2D eigenvalue weighted by Crippen LogP contribution is -2.46. The van der Waals surface area contributed by atoms with Gasteiger partial charge in [-0.1, -0.05) is 48.5 Å². The van der Waals surface area contributed by atoms with E-state index in [-0.39, 0.29) is 18.5 Å². The molecule has 1 aliphatic heterocycles. The fourth-order valence-electron chi connectivity index (χ4n) is 3.79. The van der Waals surface area contributed by atoms with Crippen molar-refractivity contribution >= 4 is 11.5 Å². The SMILES string of the molecule is COCON1C(=O)C(c2c(C)cccc2C)=C(O)C1(C)CCc1ccccc1. The Balaban J connectivity index is 2.03. The first-order valence-electron chi connectivity index (χ1n) is 9.40. The van der Waals surface area contributed by atoms with Crippen LogP contribution in [0.1, 0.15) is 35.6 Å². The van der Waals surface area contributed by atoms with Crippen LogP contribution in [0.4, 0.5) is 0 Å². The van der Waals surface area contributed by atoms with Crippen molar-refractivity contribution in [2.24, 2.45) is 0 Å². The molecule has 2 aromatic rings. The molecule has 5 nitrogen and oxygen atoms in total. The molecule has 0 saturated heterocycles. The van der Waals surface area contributed by atoms with Gasteiger partial charge in [-0.05, 0) is 55.9 Å². The number of benzene rings is 2. The van der Waals surface area contributed by atoms with E-state index >= 15 is 0 Å². The molecule has 1 heterocycles. The molecule has 28 heavy (non-hydrogen) atoms. The Labute approximate surface area is 166 Å². The first kappa shape index (κ1) is 20.1. The molecule has 0 spiro atoms. The second-order valence-corrected chi connectivity index (χ2v) is 7.39. The molecule has 1 unspecified atom stereocenters. The lowest BCUT2D eigenvalue weighted by atomic mass is 9.89. The number of amides is 1. The molecule has 2 aromatic carbocycles. The van der Waals surface area contributed by atoms with Crippen LogP contribution in [0.5, 0.6) is 0 Å². The van der Waals surface area contributed by atoms with Gasteiger partial charge < -0.3 is 9.84 Å². The molecule has 3 rings (SSSR count). The Bertz CT molecular complexity index is 870. The summed E-state index contributed by atoms with van der Waals surface area (Å²) in [5, 5.41) is 12.5.